The first kappa shape index (κ1) is 13.8. The highest BCUT2D eigenvalue weighted by Gasteiger charge is 2.20. The zero-order valence-corrected chi connectivity index (χ0v) is 13.0. The number of likely N-dealkylation sites (N-methyl/N-ethyl adjacent to an activating group) is 1. The van der Waals surface area contributed by atoms with Gasteiger partial charge in [-0.2, -0.15) is 0 Å². The Morgan fingerprint density at radius 2 is 2.10 bits per heavy atom. The zero-order chi connectivity index (χ0) is 13.8. The summed E-state index contributed by atoms with van der Waals surface area (Å²) in [4.78, 5) is 4.01. The second kappa shape index (κ2) is 6.55. The van der Waals surface area contributed by atoms with Gasteiger partial charge in [-0.25, -0.2) is 0 Å². The molecular weight excluding hydrogens is 262 g/mol. The van der Waals surface area contributed by atoms with Crippen LogP contribution in [0, 0.1) is 0 Å². The van der Waals surface area contributed by atoms with Gasteiger partial charge in [0.2, 0.25) is 0 Å². The molecule has 0 aliphatic heterocycles. The van der Waals surface area contributed by atoms with Gasteiger partial charge in [0.1, 0.15) is 0 Å². The predicted octanol–water partition coefficient (Wildman–Crippen LogP) is 4.34. The molecule has 0 fully saturated rings. The summed E-state index contributed by atoms with van der Waals surface area (Å²) in [5, 5.41) is 2.17. The summed E-state index contributed by atoms with van der Waals surface area (Å²) in [5.41, 5.74) is 3.18. The fraction of sp³-hybridized carbons (Fsp3) is 0.444. The Morgan fingerprint density at radius 1 is 1.20 bits per heavy atom. The Balaban J connectivity index is 1.58. The molecule has 1 atom stereocenters. The fourth-order valence-electron chi connectivity index (χ4n) is 3.27. The standard InChI is InChI=1S/C18H23NS/c1-19(12-11-17-9-5-13-20-17)14-16-8-4-7-15-6-2-3-10-18(15)16/h2-3,5-6,9-10,13,16H,4,7-8,11-12,14H2,1H3. The third-order valence-corrected chi connectivity index (χ3v) is 5.28. The zero-order valence-electron chi connectivity index (χ0n) is 12.2. The van der Waals surface area contributed by atoms with Crippen LogP contribution in [-0.2, 0) is 12.8 Å². The first-order valence-electron chi connectivity index (χ1n) is 7.61. The molecule has 1 heterocycles. The summed E-state index contributed by atoms with van der Waals surface area (Å²) in [6, 6.07) is 13.4. The van der Waals surface area contributed by atoms with Crippen LogP contribution in [0.1, 0.15) is 34.8 Å². The molecule has 106 valence electrons. The molecule has 0 spiro atoms. The monoisotopic (exact) mass is 285 g/mol. The van der Waals surface area contributed by atoms with Crippen molar-refractivity contribution in [3.05, 3.63) is 57.8 Å². The minimum atomic E-state index is 0.730. The van der Waals surface area contributed by atoms with Crippen molar-refractivity contribution in [2.45, 2.75) is 31.6 Å². The molecule has 1 aliphatic carbocycles. The largest absolute Gasteiger partial charge is 0.305 e. The maximum Gasteiger partial charge on any atom is 0.00579 e. The van der Waals surface area contributed by atoms with Gasteiger partial charge in [-0.1, -0.05) is 30.3 Å². The Kier molecular flexibility index (Phi) is 4.54. The van der Waals surface area contributed by atoms with Crippen molar-refractivity contribution >= 4 is 11.3 Å². The summed E-state index contributed by atoms with van der Waals surface area (Å²) in [5.74, 6) is 0.730. The lowest BCUT2D eigenvalue weighted by molar-refractivity contribution is 0.301. The van der Waals surface area contributed by atoms with Crippen molar-refractivity contribution in [1.82, 2.24) is 4.90 Å². The van der Waals surface area contributed by atoms with E-state index in [0.29, 0.717) is 0 Å². The number of benzene rings is 1. The molecule has 1 aliphatic rings. The Bertz CT molecular complexity index is 532. The number of nitrogens with zero attached hydrogens (tertiary/aromatic N) is 1. The van der Waals surface area contributed by atoms with E-state index in [4.69, 9.17) is 0 Å². The molecule has 2 heteroatoms. The second-order valence-corrected chi connectivity index (χ2v) is 6.91. The van der Waals surface area contributed by atoms with Crippen molar-refractivity contribution < 1.29 is 0 Å². The molecule has 3 rings (SSSR count). The molecule has 0 N–H and O–H groups in total. The molecule has 2 aromatic rings. The van der Waals surface area contributed by atoms with E-state index in [-0.39, 0.29) is 0 Å². The van der Waals surface area contributed by atoms with Gasteiger partial charge < -0.3 is 4.90 Å². The molecule has 0 saturated carbocycles. The van der Waals surface area contributed by atoms with Crippen LogP contribution in [0.3, 0.4) is 0 Å². The summed E-state index contributed by atoms with van der Waals surface area (Å²) >= 11 is 1.87. The molecule has 0 amide bonds. The Labute approximate surface area is 126 Å². The molecule has 0 radical (unpaired) electrons. The van der Waals surface area contributed by atoms with E-state index in [1.807, 2.05) is 11.3 Å². The van der Waals surface area contributed by atoms with Gasteiger partial charge in [-0.3, -0.25) is 0 Å². The Hall–Kier alpha value is -1.12. The number of hydrogen-bond acceptors (Lipinski definition) is 2. The number of aryl methyl sites for hydroxylation is 1. The van der Waals surface area contributed by atoms with Crippen molar-refractivity contribution in [3.63, 3.8) is 0 Å². The van der Waals surface area contributed by atoms with Gasteiger partial charge in [0.15, 0.2) is 0 Å². The molecule has 0 bridgehead atoms. The molecule has 1 aromatic heterocycles. The minimum Gasteiger partial charge on any atom is -0.305 e. The summed E-state index contributed by atoms with van der Waals surface area (Å²) in [7, 11) is 2.27. The van der Waals surface area contributed by atoms with E-state index in [2.05, 4.69) is 53.7 Å². The van der Waals surface area contributed by atoms with Crippen LogP contribution in [0.2, 0.25) is 0 Å². The predicted molar refractivity (Wildman–Crippen MR) is 87.6 cm³/mol. The normalized spacial score (nSPS) is 18.2. The van der Waals surface area contributed by atoms with Gasteiger partial charge in [-0.15, -0.1) is 11.3 Å². The summed E-state index contributed by atoms with van der Waals surface area (Å²) < 4.78 is 0. The molecule has 20 heavy (non-hydrogen) atoms. The Morgan fingerprint density at radius 3 is 2.95 bits per heavy atom. The lowest BCUT2D eigenvalue weighted by Gasteiger charge is -2.29. The van der Waals surface area contributed by atoms with Gasteiger partial charge in [-0.05, 0) is 61.2 Å². The second-order valence-electron chi connectivity index (χ2n) is 5.88. The molecular formula is C18H23NS. The topological polar surface area (TPSA) is 3.24 Å². The number of rotatable bonds is 5. The highest BCUT2D eigenvalue weighted by atomic mass is 32.1. The average molecular weight is 285 g/mol. The lowest BCUT2D eigenvalue weighted by atomic mass is 9.82. The first-order chi connectivity index (χ1) is 9.83. The first-order valence-corrected chi connectivity index (χ1v) is 8.49. The van der Waals surface area contributed by atoms with Crippen molar-refractivity contribution in [2.24, 2.45) is 0 Å². The molecule has 1 unspecified atom stereocenters. The average Bonchev–Trinajstić information content (AvgIpc) is 2.99. The van der Waals surface area contributed by atoms with E-state index in [9.17, 15) is 0 Å². The fourth-order valence-corrected chi connectivity index (χ4v) is 3.97. The van der Waals surface area contributed by atoms with Gasteiger partial charge in [0.25, 0.3) is 0 Å². The van der Waals surface area contributed by atoms with E-state index in [0.717, 1.165) is 5.92 Å². The van der Waals surface area contributed by atoms with Crippen molar-refractivity contribution in [3.8, 4) is 0 Å². The van der Waals surface area contributed by atoms with E-state index >= 15 is 0 Å². The smallest absolute Gasteiger partial charge is 0.00579 e. The number of thiophene rings is 1. The van der Waals surface area contributed by atoms with E-state index < -0.39 is 0 Å². The third-order valence-electron chi connectivity index (χ3n) is 4.35. The van der Waals surface area contributed by atoms with Crippen LogP contribution in [0.15, 0.2) is 41.8 Å². The van der Waals surface area contributed by atoms with E-state index in [1.165, 1.54) is 43.6 Å². The highest BCUT2D eigenvalue weighted by molar-refractivity contribution is 7.09. The SMILES string of the molecule is CN(CCc1cccs1)CC1CCCc2ccccc21. The highest BCUT2D eigenvalue weighted by Crippen LogP contribution is 2.31. The van der Waals surface area contributed by atoms with Gasteiger partial charge in [0.05, 0.1) is 0 Å². The van der Waals surface area contributed by atoms with Crippen LogP contribution in [0.25, 0.3) is 0 Å². The number of fused-ring (bicyclic) bond motifs is 1. The number of hydrogen-bond donors (Lipinski definition) is 0. The van der Waals surface area contributed by atoms with Gasteiger partial charge in [0, 0.05) is 18.0 Å². The van der Waals surface area contributed by atoms with Crippen LogP contribution < -0.4 is 0 Å². The van der Waals surface area contributed by atoms with Crippen LogP contribution in [0.5, 0.6) is 0 Å². The van der Waals surface area contributed by atoms with Crippen LogP contribution in [0.4, 0.5) is 0 Å². The van der Waals surface area contributed by atoms with Crippen LogP contribution in [-0.4, -0.2) is 25.0 Å². The minimum absolute atomic E-state index is 0.730. The maximum absolute atomic E-state index is 2.51. The molecule has 1 nitrogen and oxygen atoms in total. The lowest BCUT2D eigenvalue weighted by Crippen LogP contribution is -2.28. The maximum atomic E-state index is 2.51. The third kappa shape index (κ3) is 3.31. The quantitative estimate of drug-likeness (QED) is 0.790. The van der Waals surface area contributed by atoms with Crippen LogP contribution >= 0.6 is 11.3 Å². The van der Waals surface area contributed by atoms with Gasteiger partial charge >= 0.3 is 0 Å². The van der Waals surface area contributed by atoms with Crippen molar-refractivity contribution in [1.29, 1.82) is 0 Å². The molecule has 0 saturated heterocycles. The van der Waals surface area contributed by atoms with Crippen molar-refractivity contribution in [2.75, 3.05) is 20.1 Å². The summed E-state index contributed by atoms with van der Waals surface area (Å²) in [6.45, 7) is 2.36. The van der Waals surface area contributed by atoms with E-state index in [1.54, 1.807) is 11.1 Å². The summed E-state index contributed by atoms with van der Waals surface area (Å²) in [6.07, 6.45) is 5.15. The molecule has 1 aromatic carbocycles.